The number of hydrogen-bond donors (Lipinski definition) is 0. The van der Waals surface area contributed by atoms with Crippen LogP contribution >= 0.6 is 0 Å². The molecular weight excluding hydrogens is 1060 g/mol. The first-order valence-corrected chi connectivity index (χ1v) is 26.4. The molecule has 408 valence electrons. The van der Waals surface area contributed by atoms with E-state index >= 15 is 0 Å². The maximum absolute atomic E-state index is 13.6. The number of nitrogens with zero attached hydrogens (tertiary/aromatic N) is 6. The molecule has 0 aliphatic rings. The van der Waals surface area contributed by atoms with Gasteiger partial charge in [-0.2, -0.15) is 0 Å². The zero-order valence-corrected chi connectivity index (χ0v) is 44.7. The van der Waals surface area contributed by atoms with Gasteiger partial charge in [0.2, 0.25) is 0 Å². The van der Waals surface area contributed by atoms with Crippen LogP contribution in [0.3, 0.4) is 0 Å². The molecule has 0 unspecified atom stereocenters. The summed E-state index contributed by atoms with van der Waals surface area (Å²) in [5.74, 6) is -1.89. The molecule has 12 aromatic rings. The highest BCUT2D eigenvalue weighted by Crippen LogP contribution is 2.38. The number of benzene rings is 6. The highest BCUT2D eigenvalue weighted by molar-refractivity contribution is 6.05. The van der Waals surface area contributed by atoms with Gasteiger partial charge in [0.1, 0.15) is 34.9 Å². The number of rotatable bonds is 12. The van der Waals surface area contributed by atoms with Crippen LogP contribution in [-0.4, -0.2) is 29.9 Å². The molecule has 0 saturated carbocycles. The summed E-state index contributed by atoms with van der Waals surface area (Å²) in [6, 6.07) is 71.3. The van der Waals surface area contributed by atoms with Crippen LogP contribution in [0.25, 0.3) is 33.4 Å². The summed E-state index contributed by atoms with van der Waals surface area (Å²) in [4.78, 5) is 27.1. The highest BCUT2D eigenvalue weighted by Gasteiger charge is 2.21. The van der Waals surface area contributed by atoms with Gasteiger partial charge in [0, 0.05) is 70.6 Å². The first-order chi connectivity index (χ1) is 41.2. The van der Waals surface area contributed by atoms with Crippen molar-refractivity contribution in [1.29, 1.82) is 0 Å². The summed E-state index contributed by atoms with van der Waals surface area (Å²) in [6.45, 7) is 0. The van der Waals surface area contributed by atoms with Crippen LogP contribution in [0.4, 0.5) is 26.3 Å². The first-order valence-electron chi connectivity index (χ1n) is 26.4. The summed E-state index contributed by atoms with van der Waals surface area (Å²) in [5.41, 5.74) is 13.9. The van der Waals surface area contributed by atoms with Crippen molar-refractivity contribution in [2.24, 2.45) is 0 Å². The largest absolute Gasteiger partial charge is 0.256 e. The van der Waals surface area contributed by atoms with Crippen LogP contribution in [0.1, 0.15) is 67.5 Å². The summed E-state index contributed by atoms with van der Waals surface area (Å²) < 4.78 is 81.3. The molecule has 6 aromatic heterocycles. The Morgan fingerprint density at radius 2 is 0.298 bits per heavy atom. The fourth-order valence-corrected chi connectivity index (χ4v) is 9.28. The van der Waals surface area contributed by atoms with E-state index in [0.717, 1.165) is 101 Å². The summed E-state index contributed by atoms with van der Waals surface area (Å²) in [7, 11) is 0. The number of hydrogen-bond acceptors (Lipinski definition) is 6. The van der Waals surface area contributed by atoms with E-state index in [1.807, 2.05) is 109 Å². The Bertz CT molecular complexity index is 3430. The molecule has 0 atom stereocenters. The predicted octanol–water partition coefficient (Wildman–Crippen LogP) is 17.3. The minimum Gasteiger partial charge on any atom is -0.256 e. The third kappa shape index (κ3) is 14.1. The molecule has 0 amide bonds. The lowest BCUT2D eigenvalue weighted by Crippen LogP contribution is -2.00. The minimum atomic E-state index is -0.315. The van der Waals surface area contributed by atoms with Crippen molar-refractivity contribution >= 4 is 33.4 Å². The van der Waals surface area contributed by atoms with E-state index < -0.39 is 0 Å². The van der Waals surface area contributed by atoms with E-state index in [2.05, 4.69) is 29.9 Å². The third-order valence-electron chi connectivity index (χ3n) is 13.1. The molecule has 0 radical (unpaired) electrons. The maximum atomic E-state index is 13.6. The molecule has 0 aliphatic carbocycles. The molecular formula is C72H48F6N6. The van der Waals surface area contributed by atoms with Crippen molar-refractivity contribution in [3.63, 3.8) is 0 Å². The summed E-state index contributed by atoms with van der Waals surface area (Å²) >= 11 is 0. The second-order valence-corrected chi connectivity index (χ2v) is 18.6. The van der Waals surface area contributed by atoms with E-state index in [0.29, 0.717) is 0 Å². The fraction of sp³-hybridized carbons (Fsp3) is 0. The molecule has 84 heavy (non-hydrogen) atoms. The topological polar surface area (TPSA) is 77.3 Å². The SMILES string of the molecule is Fc1ccc(/C(=C(\c2ccc(F)cc2)c2ccccn2)c2ccccn2)cc1.Fc1ccc(/C(=C(\c2ccc(F)cc2)c2ccccn2)c2ccccn2)cc1.Fc1ccc(/C(=C(\c2ccc(F)cc2)c2ccccn2)c2ccccn2)cc1. The lowest BCUT2D eigenvalue weighted by atomic mass is 9.89. The third-order valence-corrected chi connectivity index (χ3v) is 13.1. The van der Waals surface area contributed by atoms with Gasteiger partial charge in [-0.25, -0.2) is 26.3 Å². The number of pyridine rings is 6. The molecule has 0 fully saturated rings. The lowest BCUT2D eigenvalue weighted by Gasteiger charge is -2.16. The zero-order chi connectivity index (χ0) is 58.0. The molecule has 0 bridgehead atoms. The highest BCUT2D eigenvalue weighted by atomic mass is 19.1. The molecule has 0 saturated heterocycles. The van der Waals surface area contributed by atoms with E-state index in [1.54, 1.807) is 110 Å². The van der Waals surface area contributed by atoms with Gasteiger partial charge < -0.3 is 0 Å². The second-order valence-electron chi connectivity index (χ2n) is 18.6. The standard InChI is InChI=1S/3C24H16F2N2/c3*25-19-11-7-17(8-12-19)23(21-5-1-3-15-27-21)24(22-6-2-4-16-28-22)18-9-13-20(26)14-10-18/h3*1-16H/b3*24-23-. The van der Waals surface area contributed by atoms with E-state index in [1.165, 1.54) is 72.8 Å². The van der Waals surface area contributed by atoms with E-state index in [9.17, 15) is 26.3 Å². The van der Waals surface area contributed by atoms with Crippen molar-refractivity contribution in [3.05, 3.63) is 394 Å². The van der Waals surface area contributed by atoms with Gasteiger partial charge in [-0.3, -0.25) is 29.9 Å². The second kappa shape index (κ2) is 27.5. The van der Waals surface area contributed by atoms with Gasteiger partial charge in [0.15, 0.2) is 0 Å². The number of halogens is 6. The first kappa shape index (κ1) is 56.3. The lowest BCUT2D eigenvalue weighted by molar-refractivity contribution is 0.627. The van der Waals surface area contributed by atoms with Gasteiger partial charge in [0.05, 0.1) is 34.2 Å². The van der Waals surface area contributed by atoms with Crippen LogP contribution in [0.15, 0.2) is 292 Å². The smallest absolute Gasteiger partial charge is 0.123 e. The molecule has 0 N–H and O–H groups in total. The molecule has 6 heterocycles. The van der Waals surface area contributed by atoms with Crippen LogP contribution in [0.2, 0.25) is 0 Å². The van der Waals surface area contributed by atoms with Gasteiger partial charge >= 0.3 is 0 Å². The molecule has 12 rings (SSSR count). The van der Waals surface area contributed by atoms with Gasteiger partial charge in [-0.1, -0.05) is 109 Å². The van der Waals surface area contributed by atoms with Crippen LogP contribution in [-0.2, 0) is 0 Å². The molecule has 12 heteroatoms. The van der Waals surface area contributed by atoms with Gasteiger partial charge in [0.25, 0.3) is 0 Å². The molecule has 6 nitrogen and oxygen atoms in total. The Morgan fingerprint density at radius 3 is 0.405 bits per heavy atom. The van der Waals surface area contributed by atoms with Crippen molar-refractivity contribution < 1.29 is 26.3 Å². The van der Waals surface area contributed by atoms with Crippen molar-refractivity contribution in [2.45, 2.75) is 0 Å². The summed E-state index contributed by atoms with van der Waals surface area (Å²) in [5, 5.41) is 0. The molecule has 0 spiro atoms. The molecule has 0 aliphatic heterocycles. The number of aromatic nitrogens is 6. The average molecular weight is 1110 g/mol. The van der Waals surface area contributed by atoms with Crippen LogP contribution in [0.5, 0.6) is 0 Å². The van der Waals surface area contributed by atoms with Crippen molar-refractivity contribution in [3.8, 4) is 0 Å². The maximum Gasteiger partial charge on any atom is 0.123 e. The fourth-order valence-electron chi connectivity index (χ4n) is 9.28. The Hall–Kier alpha value is -11.0. The van der Waals surface area contributed by atoms with E-state index in [-0.39, 0.29) is 34.9 Å². The zero-order valence-electron chi connectivity index (χ0n) is 44.7. The van der Waals surface area contributed by atoms with Gasteiger partial charge in [-0.15, -0.1) is 0 Å². The monoisotopic (exact) mass is 1110 g/mol. The van der Waals surface area contributed by atoms with Crippen molar-refractivity contribution in [1.82, 2.24) is 29.9 Å². The van der Waals surface area contributed by atoms with Crippen molar-refractivity contribution in [2.75, 3.05) is 0 Å². The average Bonchev–Trinajstić information content (AvgIpc) is 3.58. The Morgan fingerprint density at radius 1 is 0.167 bits per heavy atom. The van der Waals surface area contributed by atoms with Crippen LogP contribution < -0.4 is 0 Å². The normalized spacial score (nSPS) is 11.8. The Labute approximate surface area is 482 Å². The Kier molecular flexibility index (Phi) is 18.4. The summed E-state index contributed by atoms with van der Waals surface area (Å²) in [6.07, 6.45) is 10.2. The van der Waals surface area contributed by atoms with E-state index in [4.69, 9.17) is 0 Å². The van der Waals surface area contributed by atoms with Crippen LogP contribution in [0, 0.1) is 34.9 Å². The predicted molar refractivity (Wildman–Crippen MR) is 319 cm³/mol. The quantitative estimate of drug-likeness (QED) is 0.0896. The minimum absolute atomic E-state index is 0.315. The van der Waals surface area contributed by atoms with Gasteiger partial charge in [-0.05, 0) is 179 Å². The Balaban J connectivity index is 0.000000140. The molecule has 6 aromatic carbocycles.